The van der Waals surface area contributed by atoms with E-state index < -0.39 is 4.92 Å². The van der Waals surface area contributed by atoms with E-state index in [-0.39, 0.29) is 17.6 Å². The lowest BCUT2D eigenvalue weighted by Crippen LogP contribution is -2.07. The van der Waals surface area contributed by atoms with Gasteiger partial charge in [-0.05, 0) is 24.3 Å². The average molecular weight is 258 g/mol. The number of anilines is 1. The van der Waals surface area contributed by atoms with E-state index in [1.807, 2.05) is 6.07 Å². The quantitative estimate of drug-likeness (QED) is 0.519. The summed E-state index contributed by atoms with van der Waals surface area (Å²) in [4.78, 5) is 21.3. The SMILES string of the molecule is O=C(C=Cc1ccc([N+](=O)[O-])o1)Nc1ccccc1. The van der Waals surface area contributed by atoms with Gasteiger partial charge in [0.2, 0.25) is 5.91 Å². The molecule has 0 fully saturated rings. The van der Waals surface area contributed by atoms with Crippen molar-refractivity contribution in [3.8, 4) is 0 Å². The Balaban J connectivity index is 1.98. The molecule has 19 heavy (non-hydrogen) atoms. The molecule has 0 aliphatic rings. The van der Waals surface area contributed by atoms with Crippen LogP contribution in [0.25, 0.3) is 6.08 Å². The first-order valence-corrected chi connectivity index (χ1v) is 5.43. The Kier molecular flexibility index (Phi) is 3.72. The van der Waals surface area contributed by atoms with E-state index in [0.29, 0.717) is 5.69 Å². The summed E-state index contributed by atoms with van der Waals surface area (Å²) in [5.41, 5.74) is 0.669. The third-order valence-corrected chi connectivity index (χ3v) is 2.23. The van der Waals surface area contributed by atoms with Crippen LogP contribution in [0.15, 0.2) is 53.0 Å². The lowest BCUT2D eigenvalue weighted by atomic mass is 10.3. The summed E-state index contributed by atoms with van der Waals surface area (Å²) in [7, 11) is 0. The van der Waals surface area contributed by atoms with Crippen LogP contribution in [0.2, 0.25) is 0 Å². The second kappa shape index (κ2) is 5.63. The van der Waals surface area contributed by atoms with Crippen LogP contribution >= 0.6 is 0 Å². The lowest BCUT2D eigenvalue weighted by molar-refractivity contribution is -0.402. The number of hydrogen-bond donors (Lipinski definition) is 1. The van der Waals surface area contributed by atoms with Crippen molar-refractivity contribution in [2.24, 2.45) is 0 Å². The number of hydrogen-bond acceptors (Lipinski definition) is 4. The van der Waals surface area contributed by atoms with Gasteiger partial charge in [-0.2, -0.15) is 0 Å². The van der Waals surface area contributed by atoms with Gasteiger partial charge in [0.15, 0.2) is 0 Å². The maximum Gasteiger partial charge on any atom is 0.433 e. The molecule has 0 bridgehead atoms. The molecule has 0 aliphatic carbocycles. The maximum atomic E-state index is 11.6. The fraction of sp³-hybridized carbons (Fsp3) is 0. The summed E-state index contributed by atoms with van der Waals surface area (Å²) < 4.78 is 4.88. The van der Waals surface area contributed by atoms with E-state index in [1.54, 1.807) is 24.3 Å². The normalized spacial score (nSPS) is 10.5. The highest BCUT2D eigenvalue weighted by Crippen LogP contribution is 2.16. The zero-order chi connectivity index (χ0) is 13.7. The van der Waals surface area contributed by atoms with Crippen LogP contribution in [0.3, 0.4) is 0 Å². The monoisotopic (exact) mass is 258 g/mol. The van der Waals surface area contributed by atoms with E-state index in [1.165, 1.54) is 24.3 Å². The predicted molar refractivity (Wildman–Crippen MR) is 69.5 cm³/mol. The molecule has 0 atom stereocenters. The molecule has 2 aromatic rings. The Bertz CT molecular complexity index is 617. The van der Waals surface area contributed by atoms with Crippen molar-refractivity contribution < 1.29 is 14.1 Å². The number of nitrogens with zero attached hydrogens (tertiary/aromatic N) is 1. The molecule has 6 nitrogen and oxygen atoms in total. The molecule has 0 radical (unpaired) electrons. The minimum atomic E-state index is -0.638. The van der Waals surface area contributed by atoms with Gasteiger partial charge in [0.1, 0.15) is 10.7 Å². The van der Waals surface area contributed by atoms with E-state index >= 15 is 0 Å². The molecule has 0 aliphatic heterocycles. The smallest absolute Gasteiger partial charge is 0.401 e. The molecule has 2 rings (SSSR count). The van der Waals surface area contributed by atoms with Crippen molar-refractivity contribution in [3.05, 3.63) is 64.4 Å². The fourth-order valence-electron chi connectivity index (χ4n) is 1.39. The zero-order valence-corrected chi connectivity index (χ0v) is 9.78. The largest absolute Gasteiger partial charge is 0.433 e. The van der Waals surface area contributed by atoms with Crippen molar-refractivity contribution in [3.63, 3.8) is 0 Å². The Morgan fingerprint density at radius 2 is 1.95 bits per heavy atom. The van der Waals surface area contributed by atoms with Crippen LogP contribution in [0.4, 0.5) is 11.6 Å². The van der Waals surface area contributed by atoms with Gasteiger partial charge in [-0.15, -0.1) is 0 Å². The minimum Gasteiger partial charge on any atom is -0.401 e. The first-order valence-electron chi connectivity index (χ1n) is 5.43. The van der Waals surface area contributed by atoms with Gasteiger partial charge in [-0.25, -0.2) is 0 Å². The first-order chi connectivity index (χ1) is 9.15. The molecule has 6 heteroatoms. The Labute approximate surface area is 108 Å². The number of carbonyl (C=O) groups is 1. The second-order valence-corrected chi connectivity index (χ2v) is 3.62. The molecular weight excluding hydrogens is 248 g/mol. The lowest BCUT2D eigenvalue weighted by Gasteiger charge is -1.99. The molecule has 0 saturated carbocycles. The number of nitro groups is 1. The zero-order valence-electron chi connectivity index (χ0n) is 9.78. The van der Waals surface area contributed by atoms with E-state index in [0.717, 1.165) is 0 Å². The Morgan fingerprint density at radius 1 is 1.21 bits per heavy atom. The molecule has 0 unspecified atom stereocenters. The molecule has 1 aromatic carbocycles. The first kappa shape index (κ1) is 12.6. The van der Waals surface area contributed by atoms with Crippen molar-refractivity contribution in [2.45, 2.75) is 0 Å². The van der Waals surface area contributed by atoms with Crippen LogP contribution in [-0.2, 0) is 4.79 Å². The van der Waals surface area contributed by atoms with E-state index in [9.17, 15) is 14.9 Å². The second-order valence-electron chi connectivity index (χ2n) is 3.62. The number of furan rings is 1. The topological polar surface area (TPSA) is 85.4 Å². The predicted octanol–water partition coefficient (Wildman–Crippen LogP) is 2.84. The van der Waals surface area contributed by atoms with Crippen molar-refractivity contribution >= 4 is 23.6 Å². The van der Waals surface area contributed by atoms with Gasteiger partial charge >= 0.3 is 5.88 Å². The molecule has 96 valence electrons. The van der Waals surface area contributed by atoms with Gasteiger partial charge in [-0.1, -0.05) is 18.2 Å². The van der Waals surface area contributed by atoms with Gasteiger partial charge in [0.25, 0.3) is 0 Å². The Hall–Kier alpha value is -2.89. The summed E-state index contributed by atoms with van der Waals surface area (Å²) >= 11 is 0. The van der Waals surface area contributed by atoms with Gasteiger partial charge in [0, 0.05) is 11.8 Å². The number of carbonyl (C=O) groups excluding carboxylic acids is 1. The average Bonchev–Trinajstić information content (AvgIpc) is 2.86. The molecular formula is C13H10N2O4. The van der Waals surface area contributed by atoms with Gasteiger partial charge < -0.3 is 9.73 Å². The molecule has 0 spiro atoms. The highest BCUT2D eigenvalue weighted by Gasteiger charge is 2.09. The maximum absolute atomic E-state index is 11.6. The van der Waals surface area contributed by atoms with Crippen LogP contribution in [0, 0.1) is 10.1 Å². The van der Waals surface area contributed by atoms with Gasteiger partial charge in [0.05, 0.1) is 6.07 Å². The number of nitrogens with one attached hydrogen (secondary N) is 1. The van der Waals surface area contributed by atoms with E-state index in [4.69, 9.17) is 4.42 Å². The molecule has 1 N–H and O–H groups in total. The highest BCUT2D eigenvalue weighted by molar-refractivity contribution is 6.01. The van der Waals surface area contributed by atoms with Crippen LogP contribution in [-0.4, -0.2) is 10.8 Å². The molecule has 1 aromatic heterocycles. The number of rotatable bonds is 4. The molecule has 1 heterocycles. The summed E-state index contributed by atoms with van der Waals surface area (Å²) in [6.07, 6.45) is 2.61. The summed E-state index contributed by atoms with van der Waals surface area (Å²) in [6.45, 7) is 0. The summed E-state index contributed by atoms with van der Waals surface area (Å²) in [5.74, 6) is -0.455. The van der Waals surface area contributed by atoms with Crippen molar-refractivity contribution in [1.29, 1.82) is 0 Å². The minimum absolute atomic E-state index is 0.245. The molecule has 0 saturated heterocycles. The Morgan fingerprint density at radius 3 is 2.58 bits per heavy atom. The van der Waals surface area contributed by atoms with Crippen molar-refractivity contribution in [1.82, 2.24) is 0 Å². The molecule has 1 amide bonds. The summed E-state index contributed by atoms with van der Waals surface area (Å²) in [5, 5.41) is 13.0. The third kappa shape index (κ3) is 3.53. The number of para-hydroxylation sites is 1. The summed E-state index contributed by atoms with van der Waals surface area (Å²) in [6, 6.07) is 11.6. The number of amides is 1. The fourth-order valence-corrected chi connectivity index (χ4v) is 1.39. The van der Waals surface area contributed by atoms with Crippen LogP contribution < -0.4 is 5.32 Å². The van der Waals surface area contributed by atoms with E-state index in [2.05, 4.69) is 5.32 Å². The van der Waals surface area contributed by atoms with Crippen LogP contribution in [0.1, 0.15) is 5.76 Å². The van der Waals surface area contributed by atoms with Crippen LogP contribution in [0.5, 0.6) is 0 Å². The third-order valence-electron chi connectivity index (χ3n) is 2.23. The number of benzene rings is 1. The van der Waals surface area contributed by atoms with Gasteiger partial charge in [-0.3, -0.25) is 14.9 Å². The highest BCUT2D eigenvalue weighted by atomic mass is 16.6. The van der Waals surface area contributed by atoms with Crippen molar-refractivity contribution in [2.75, 3.05) is 5.32 Å². The standard InChI is InChI=1S/C13H10N2O4/c16-12(14-10-4-2-1-3-5-10)8-6-11-7-9-13(19-11)15(17)18/h1-9H,(H,14,16).